The molecule has 1 fully saturated rings. The number of carbonyl (C=O) groups is 2. The van der Waals surface area contributed by atoms with Crippen LogP contribution >= 0.6 is 32.9 Å². The largest absolute Gasteiger partial charge is 0.368 e. The van der Waals surface area contributed by atoms with Crippen LogP contribution < -0.4 is 10.2 Å². The Kier molecular flexibility index (Phi) is 10.3. The number of anilines is 1. The Hall–Kier alpha value is -2.08. The number of rotatable bonds is 14. The van der Waals surface area contributed by atoms with Crippen LogP contribution in [-0.2, 0) is 14.3 Å². The van der Waals surface area contributed by atoms with Gasteiger partial charge in [-0.3, -0.25) is 14.5 Å². The summed E-state index contributed by atoms with van der Waals surface area (Å²) in [5.74, 6) is 0.891. The fourth-order valence-corrected chi connectivity index (χ4v) is 6.74. The zero-order chi connectivity index (χ0) is 24.3. The van der Waals surface area contributed by atoms with Gasteiger partial charge in [0.05, 0.1) is 11.8 Å². The van der Waals surface area contributed by atoms with Gasteiger partial charge in [-0.05, 0) is 48.6 Å². The molecule has 1 aliphatic heterocycles. The highest BCUT2D eigenvalue weighted by atomic mass is 33.1. The van der Waals surface area contributed by atoms with Gasteiger partial charge in [-0.15, -0.1) is 11.3 Å². The van der Waals surface area contributed by atoms with Crippen LogP contribution in [0.25, 0.3) is 11.0 Å². The van der Waals surface area contributed by atoms with Gasteiger partial charge in [0.1, 0.15) is 21.6 Å². The van der Waals surface area contributed by atoms with E-state index in [9.17, 15) is 9.59 Å². The molecule has 35 heavy (non-hydrogen) atoms. The maximum atomic E-state index is 13.2. The van der Waals surface area contributed by atoms with E-state index in [0.717, 1.165) is 65.3 Å². The molecule has 0 bridgehead atoms. The van der Waals surface area contributed by atoms with Crippen molar-refractivity contribution in [3.8, 4) is 0 Å². The van der Waals surface area contributed by atoms with Crippen molar-refractivity contribution in [2.45, 2.75) is 56.1 Å². The molecule has 2 N–H and O–H groups in total. The molecule has 1 aliphatic rings. The van der Waals surface area contributed by atoms with E-state index >= 15 is 0 Å². The molecule has 1 atom stereocenters. The van der Waals surface area contributed by atoms with Gasteiger partial charge in [-0.1, -0.05) is 29.7 Å². The summed E-state index contributed by atoms with van der Waals surface area (Å²) in [6.07, 6.45) is 9.16. The summed E-state index contributed by atoms with van der Waals surface area (Å²) in [5, 5.41) is 6.87. The van der Waals surface area contributed by atoms with E-state index < -0.39 is 0 Å². The van der Waals surface area contributed by atoms with Gasteiger partial charge in [0.2, 0.25) is 5.91 Å². The monoisotopic (exact) mass is 533 g/mol. The Morgan fingerprint density at radius 1 is 1.23 bits per heavy atom. The summed E-state index contributed by atoms with van der Waals surface area (Å²) >= 11 is 1.55. The van der Waals surface area contributed by atoms with Crippen molar-refractivity contribution < 1.29 is 14.3 Å². The number of H-pyrrole nitrogens is 1. The van der Waals surface area contributed by atoms with Crippen LogP contribution in [-0.4, -0.2) is 58.3 Å². The molecule has 4 heterocycles. The summed E-state index contributed by atoms with van der Waals surface area (Å²) in [5.41, 5.74) is 1.81. The fourth-order valence-electron chi connectivity index (χ4n) is 3.88. The maximum absolute atomic E-state index is 13.2. The number of carbonyl (C=O) groups excluding carboxylic acids is 2. The number of aromatic amines is 1. The molecule has 188 valence electrons. The molecule has 8 nitrogen and oxygen atoms in total. The lowest BCUT2D eigenvalue weighted by atomic mass is 10.1. The Labute approximate surface area is 217 Å². The van der Waals surface area contributed by atoms with E-state index in [1.54, 1.807) is 45.4 Å². The van der Waals surface area contributed by atoms with Crippen LogP contribution in [0.3, 0.4) is 0 Å². The number of fused-ring (bicyclic) bond motifs is 1. The molecule has 1 saturated heterocycles. The molecule has 3 aromatic rings. The second-order valence-electron chi connectivity index (χ2n) is 8.28. The molecule has 0 aliphatic carbocycles. The highest BCUT2D eigenvalue weighted by Crippen LogP contribution is 2.33. The lowest BCUT2D eigenvalue weighted by molar-refractivity contribution is -0.127. The van der Waals surface area contributed by atoms with Crippen LogP contribution in [0, 0.1) is 0 Å². The molecule has 4 rings (SSSR count). The summed E-state index contributed by atoms with van der Waals surface area (Å²) in [6.45, 7) is 1.99. The summed E-state index contributed by atoms with van der Waals surface area (Å²) in [4.78, 5) is 38.8. The number of thiophene rings is 1. The smallest absolute Gasteiger partial charge is 0.256 e. The first-order chi connectivity index (χ1) is 17.2. The fraction of sp³-hybridized carbons (Fsp3) is 0.500. The quantitative estimate of drug-likeness (QED) is 0.221. The number of imidazole rings is 1. The van der Waals surface area contributed by atoms with Crippen molar-refractivity contribution >= 4 is 60.8 Å². The molecule has 0 radical (unpaired) electrons. The van der Waals surface area contributed by atoms with Crippen molar-refractivity contribution in [1.29, 1.82) is 0 Å². The first-order valence-corrected chi connectivity index (χ1v) is 15.2. The van der Waals surface area contributed by atoms with Crippen molar-refractivity contribution in [3.05, 3.63) is 36.1 Å². The number of unbranched alkanes of at least 4 members (excludes halogenated alkanes) is 3. The minimum atomic E-state index is -0.346. The molecule has 0 spiro atoms. The number of ether oxygens (including phenoxy) is 1. The Morgan fingerprint density at radius 3 is 2.97 bits per heavy atom. The van der Waals surface area contributed by atoms with E-state index in [-0.39, 0.29) is 17.9 Å². The SMILES string of the molecule is O=C(CCSSc1ccccn1)NCCCCCCN(C(=O)C1CCCO1)c1scc2[nH]cnc12. The number of hydrogen-bond donors (Lipinski definition) is 2. The number of aromatic nitrogens is 3. The first kappa shape index (κ1) is 26.0. The van der Waals surface area contributed by atoms with E-state index in [1.165, 1.54) is 0 Å². The molecule has 0 aromatic carbocycles. The van der Waals surface area contributed by atoms with E-state index in [0.29, 0.717) is 26.1 Å². The average molecular weight is 534 g/mol. The second kappa shape index (κ2) is 13.9. The van der Waals surface area contributed by atoms with E-state index in [4.69, 9.17) is 4.74 Å². The number of nitrogens with zero attached hydrogens (tertiary/aromatic N) is 3. The maximum Gasteiger partial charge on any atom is 0.256 e. The predicted molar refractivity (Wildman–Crippen MR) is 144 cm³/mol. The molecule has 3 aromatic heterocycles. The average Bonchev–Trinajstić information content (AvgIpc) is 3.63. The standard InChI is InChI=1S/C24H31N5O3S3/c30-20(10-15-34-35-21-9-3-5-12-26-21)25-11-4-1-2-6-13-29(23(31)19-8-7-14-32-19)24-22-18(16-33-24)27-17-28-22/h3,5,9,12,16-17,19H,1-2,4,6-8,10-11,13-15H2,(H,25,30)(H,27,28). The summed E-state index contributed by atoms with van der Waals surface area (Å²) in [7, 11) is 3.24. The van der Waals surface area contributed by atoms with Crippen molar-refractivity contribution in [3.63, 3.8) is 0 Å². The first-order valence-electron chi connectivity index (χ1n) is 12.0. The Morgan fingerprint density at radius 2 is 2.14 bits per heavy atom. The number of nitrogens with one attached hydrogen (secondary N) is 2. The lowest BCUT2D eigenvalue weighted by Gasteiger charge is -2.24. The van der Waals surface area contributed by atoms with Gasteiger partial charge in [-0.25, -0.2) is 9.97 Å². The number of pyridine rings is 1. The van der Waals surface area contributed by atoms with Crippen molar-refractivity contribution in [1.82, 2.24) is 20.3 Å². The summed E-state index contributed by atoms with van der Waals surface area (Å²) < 4.78 is 5.67. The van der Waals surface area contributed by atoms with E-state index in [1.807, 2.05) is 28.5 Å². The van der Waals surface area contributed by atoms with Gasteiger partial charge >= 0.3 is 0 Å². The Bertz CT molecular complexity index is 1070. The topological polar surface area (TPSA) is 100 Å². The lowest BCUT2D eigenvalue weighted by Crippen LogP contribution is -2.39. The van der Waals surface area contributed by atoms with Gasteiger partial charge in [0.15, 0.2) is 0 Å². The van der Waals surface area contributed by atoms with Crippen LogP contribution in [0.5, 0.6) is 0 Å². The zero-order valence-corrected chi connectivity index (χ0v) is 22.1. The molecular weight excluding hydrogens is 502 g/mol. The van der Waals surface area contributed by atoms with Gasteiger partial charge in [0.25, 0.3) is 5.91 Å². The summed E-state index contributed by atoms with van der Waals surface area (Å²) in [6, 6.07) is 5.82. The normalized spacial score (nSPS) is 15.5. The van der Waals surface area contributed by atoms with Gasteiger partial charge < -0.3 is 15.0 Å². The third-order valence-electron chi connectivity index (χ3n) is 5.70. The van der Waals surface area contributed by atoms with Crippen molar-refractivity contribution in [2.75, 3.05) is 30.3 Å². The van der Waals surface area contributed by atoms with Crippen LogP contribution in [0.15, 0.2) is 41.1 Å². The van der Waals surface area contributed by atoms with Crippen molar-refractivity contribution in [2.24, 2.45) is 0 Å². The minimum Gasteiger partial charge on any atom is -0.368 e. The predicted octanol–water partition coefficient (Wildman–Crippen LogP) is 5.04. The molecule has 0 saturated carbocycles. The minimum absolute atomic E-state index is 0.0422. The molecule has 1 unspecified atom stereocenters. The van der Waals surface area contributed by atoms with Crippen LogP contribution in [0.1, 0.15) is 44.9 Å². The zero-order valence-electron chi connectivity index (χ0n) is 19.6. The third kappa shape index (κ3) is 7.70. The number of amides is 2. The number of hydrogen-bond acceptors (Lipinski definition) is 8. The van der Waals surface area contributed by atoms with Crippen LogP contribution in [0.4, 0.5) is 5.00 Å². The molecule has 2 amide bonds. The third-order valence-corrected chi connectivity index (χ3v) is 8.96. The van der Waals surface area contributed by atoms with E-state index in [2.05, 4.69) is 20.3 Å². The Balaban J connectivity index is 1.12. The van der Waals surface area contributed by atoms with Crippen LogP contribution in [0.2, 0.25) is 0 Å². The molecule has 11 heteroatoms. The highest BCUT2D eigenvalue weighted by Gasteiger charge is 2.30. The second-order valence-corrected chi connectivity index (χ2v) is 11.6. The highest BCUT2D eigenvalue weighted by molar-refractivity contribution is 8.76. The van der Waals surface area contributed by atoms with Gasteiger partial charge in [0, 0.05) is 43.4 Å². The molecular formula is C24H31N5O3S3. The van der Waals surface area contributed by atoms with Gasteiger partial charge in [-0.2, -0.15) is 0 Å².